The fourth-order valence-corrected chi connectivity index (χ4v) is 4.83. The SMILES string of the molecule is Cc1ccc(-c2cc(C(=O)Nc3sc(C)c(C)c3C#N)c3c(C)noc3n2)s1. The van der Waals surface area contributed by atoms with Crippen molar-refractivity contribution >= 4 is 44.7 Å². The summed E-state index contributed by atoms with van der Waals surface area (Å²) >= 11 is 2.99. The highest BCUT2D eigenvalue weighted by molar-refractivity contribution is 7.16. The fraction of sp³-hybridized carbons (Fsp3) is 0.200. The summed E-state index contributed by atoms with van der Waals surface area (Å²) < 4.78 is 5.34. The lowest BCUT2D eigenvalue weighted by Gasteiger charge is -2.07. The van der Waals surface area contributed by atoms with Gasteiger partial charge in [-0.15, -0.1) is 22.7 Å². The summed E-state index contributed by atoms with van der Waals surface area (Å²) in [6.45, 7) is 7.61. The van der Waals surface area contributed by atoms with Crippen molar-refractivity contribution in [3.63, 3.8) is 0 Å². The zero-order valence-corrected chi connectivity index (χ0v) is 17.3. The molecule has 0 aliphatic carbocycles. The lowest BCUT2D eigenvalue weighted by molar-refractivity contribution is 0.102. The van der Waals surface area contributed by atoms with E-state index in [0.717, 1.165) is 20.2 Å². The number of hydrogen-bond donors (Lipinski definition) is 1. The normalized spacial score (nSPS) is 11.0. The predicted molar refractivity (Wildman–Crippen MR) is 111 cm³/mol. The number of carbonyl (C=O) groups is 1. The van der Waals surface area contributed by atoms with E-state index >= 15 is 0 Å². The van der Waals surface area contributed by atoms with E-state index < -0.39 is 0 Å². The van der Waals surface area contributed by atoms with E-state index in [1.165, 1.54) is 11.3 Å². The Morgan fingerprint density at radius 3 is 2.68 bits per heavy atom. The Hall–Kier alpha value is -3.02. The summed E-state index contributed by atoms with van der Waals surface area (Å²) in [6, 6.07) is 7.91. The summed E-state index contributed by atoms with van der Waals surface area (Å²) in [7, 11) is 0. The minimum Gasteiger partial charge on any atom is -0.335 e. The summed E-state index contributed by atoms with van der Waals surface area (Å²) in [5, 5.41) is 17.4. The van der Waals surface area contributed by atoms with Gasteiger partial charge in [-0.05, 0) is 51.5 Å². The smallest absolute Gasteiger partial charge is 0.259 e. The van der Waals surface area contributed by atoms with Gasteiger partial charge in [0.05, 0.1) is 32.8 Å². The molecule has 4 aromatic heterocycles. The van der Waals surface area contributed by atoms with Gasteiger partial charge in [0.15, 0.2) is 0 Å². The monoisotopic (exact) mass is 408 g/mol. The number of nitrogens with zero attached hydrogens (tertiary/aromatic N) is 3. The summed E-state index contributed by atoms with van der Waals surface area (Å²) in [5.74, 6) is -0.314. The van der Waals surface area contributed by atoms with Crippen LogP contribution in [0, 0.1) is 39.0 Å². The van der Waals surface area contributed by atoms with E-state index in [-0.39, 0.29) is 5.91 Å². The van der Waals surface area contributed by atoms with Gasteiger partial charge in [-0.1, -0.05) is 5.16 Å². The Morgan fingerprint density at radius 2 is 2.00 bits per heavy atom. The predicted octanol–water partition coefficient (Wildman–Crippen LogP) is 5.37. The Kier molecular flexibility index (Phi) is 4.49. The fourth-order valence-electron chi connectivity index (χ4n) is 2.99. The van der Waals surface area contributed by atoms with Crippen LogP contribution in [-0.2, 0) is 0 Å². The van der Waals surface area contributed by atoms with Crippen molar-refractivity contribution in [2.24, 2.45) is 0 Å². The van der Waals surface area contributed by atoms with Gasteiger partial charge in [0.2, 0.25) is 0 Å². The van der Waals surface area contributed by atoms with Gasteiger partial charge < -0.3 is 9.84 Å². The molecule has 1 amide bonds. The molecule has 0 aliphatic rings. The minimum atomic E-state index is -0.314. The number of hydrogen-bond acceptors (Lipinski definition) is 7. The van der Waals surface area contributed by atoms with Crippen LogP contribution in [-0.4, -0.2) is 16.0 Å². The molecule has 6 nitrogen and oxygen atoms in total. The number of carbonyl (C=O) groups excluding carboxylic acids is 1. The van der Waals surface area contributed by atoms with Crippen LogP contribution in [0.2, 0.25) is 0 Å². The van der Waals surface area contributed by atoms with Crippen LogP contribution < -0.4 is 5.32 Å². The first-order valence-corrected chi connectivity index (χ1v) is 10.2. The molecule has 0 aliphatic heterocycles. The van der Waals surface area contributed by atoms with Gasteiger partial charge in [0.1, 0.15) is 11.1 Å². The first-order valence-electron chi connectivity index (χ1n) is 8.54. The van der Waals surface area contributed by atoms with E-state index in [2.05, 4.69) is 21.5 Å². The molecule has 0 saturated heterocycles. The third kappa shape index (κ3) is 2.99. The maximum Gasteiger partial charge on any atom is 0.259 e. The molecule has 0 unspecified atom stereocenters. The van der Waals surface area contributed by atoms with Gasteiger partial charge in [0.25, 0.3) is 11.6 Å². The van der Waals surface area contributed by atoms with Crippen LogP contribution in [0.1, 0.15) is 36.9 Å². The van der Waals surface area contributed by atoms with Crippen LogP contribution in [0.3, 0.4) is 0 Å². The van der Waals surface area contributed by atoms with Crippen molar-refractivity contribution in [3.05, 3.63) is 50.3 Å². The number of amides is 1. The molecule has 1 N–H and O–H groups in total. The maximum atomic E-state index is 13.1. The standard InChI is InChI=1S/C20H16N4O2S2/c1-9-5-6-16(27-9)15-7-13(17-11(3)24-26-19(17)22-15)18(25)23-20-14(8-21)10(2)12(4)28-20/h5-7H,1-4H3,(H,23,25). The highest BCUT2D eigenvalue weighted by atomic mass is 32.1. The highest BCUT2D eigenvalue weighted by Gasteiger charge is 2.22. The minimum absolute atomic E-state index is 0.314. The third-order valence-corrected chi connectivity index (χ3v) is 6.72. The molecule has 0 saturated carbocycles. The molecule has 28 heavy (non-hydrogen) atoms. The van der Waals surface area contributed by atoms with Gasteiger partial charge in [-0.2, -0.15) is 5.26 Å². The van der Waals surface area contributed by atoms with Crippen LogP contribution in [0.5, 0.6) is 0 Å². The third-order valence-electron chi connectivity index (χ3n) is 4.58. The largest absolute Gasteiger partial charge is 0.335 e. The molecule has 0 aromatic carbocycles. The Balaban J connectivity index is 1.83. The number of nitriles is 1. The Labute approximate surface area is 169 Å². The topological polar surface area (TPSA) is 91.8 Å². The molecule has 4 rings (SSSR count). The van der Waals surface area contributed by atoms with E-state index in [4.69, 9.17) is 4.52 Å². The van der Waals surface area contributed by atoms with Gasteiger partial charge in [-0.3, -0.25) is 4.79 Å². The van der Waals surface area contributed by atoms with Gasteiger partial charge in [0, 0.05) is 9.75 Å². The number of rotatable bonds is 3. The zero-order valence-electron chi connectivity index (χ0n) is 15.7. The molecular formula is C20H16N4O2S2. The average molecular weight is 409 g/mol. The molecule has 4 aromatic rings. The van der Waals surface area contributed by atoms with Crippen LogP contribution in [0.25, 0.3) is 21.7 Å². The molecule has 4 heterocycles. The second kappa shape index (κ2) is 6.86. The molecule has 8 heteroatoms. The average Bonchev–Trinajstić information content (AvgIpc) is 3.33. The summed E-state index contributed by atoms with van der Waals surface area (Å²) in [6.07, 6.45) is 0. The van der Waals surface area contributed by atoms with E-state index in [1.54, 1.807) is 24.3 Å². The number of fused-ring (bicyclic) bond motifs is 1. The number of aryl methyl sites for hydroxylation is 3. The molecule has 0 radical (unpaired) electrons. The second-order valence-corrected chi connectivity index (χ2v) is 8.98. The van der Waals surface area contributed by atoms with Crippen molar-refractivity contribution in [1.29, 1.82) is 5.26 Å². The molecule has 140 valence electrons. The number of pyridine rings is 1. The second-order valence-electron chi connectivity index (χ2n) is 6.47. The van der Waals surface area contributed by atoms with Crippen molar-refractivity contribution in [1.82, 2.24) is 10.1 Å². The first kappa shape index (κ1) is 18.3. The molecule has 0 atom stereocenters. The Morgan fingerprint density at radius 1 is 1.21 bits per heavy atom. The highest BCUT2D eigenvalue weighted by Crippen LogP contribution is 2.34. The van der Waals surface area contributed by atoms with Crippen molar-refractivity contribution in [2.45, 2.75) is 27.7 Å². The lowest BCUT2D eigenvalue weighted by atomic mass is 10.1. The van der Waals surface area contributed by atoms with Crippen LogP contribution >= 0.6 is 22.7 Å². The summed E-state index contributed by atoms with van der Waals surface area (Å²) in [4.78, 5) is 20.8. The zero-order chi connectivity index (χ0) is 20.0. The number of aromatic nitrogens is 2. The number of thiophene rings is 2. The van der Waals surface area contributed by atoms with Crippen LogP contribution in [0.4, 0.5) is 5.00 Å². The summed E-state index contributed by atoms with van der Waals surface area (Å²) in [5.41, 5.74) is 3.39. The van der Waals surface area contributed by atoms with E-state index in [9.17, 15) is 10.1 Å². The molecule has 0 fully saturated rings. The van der Waals surface area contributed by atoms with Crippen molar-refractivity contribution in [3.8, 4) is 16.6 Å². The molecular weight excluding hydrogens is 392 g/mol. The van der Waals surface area contributed by atoms with Crippen LogP contribution in [0.15, 0.2) is 22.7 Å². The van der Waals surface area contributed by atoms with Gasteiger partial charge in [-0.25, -0.2) is 4.98 Å². The first-order chi connectivity index (χ1) is 13.4. The maximum absolute atomic E-state index is 13.1. The van der Waals surface area contributed by atoms with Crippen molar-refractivity contribution in [2.75, 3.05) is 5.32 Å². The van der Waals surface area contributed by atoms with Crippen molar-refractivity contribution < 1.29 is 9.32 Å². The van der Waals surface area contributed by atoms with E-state index in [0.29, 0.717) is 38.6 Å². The number of anilines is 1. The number of nitrogens with one attached hydrogen (secondary N) is 1. The quantitative estimate of drug-likeness (QED) is 0.492. The van der Waals surface area contributed by atoms with E-state index in [1.807, 2.05) is 32.9 Å². The lowest BCUT2D eigenvalue weighted by Crippen LogP contribution is -2.13. The Bertz CT molecular complexity index is 1270. The molecule has 0 bridgehead atoms. The molecule has 0 spiro atoms. The van der Waals surface area contributed by atoms with Gasteiger partial charge >= 0.3 is 0 Å².